The quantitative estimate of drug-likeness (QED) is 0.721. The average Bonchev–Trinajstić information content (AvgIpc) is 3.31. The van der Waals surface area contributed by atoms with E-state index in [4.69, 9.17) is 0 Å². The molecule has 2 N–H and O–H groups in total. The van der Waals surface area contributed by atoms with E-state index in [2.05, 4.69) is 24.2 Å². The van der Waals surface area contributed by atoms with Gasteiger partial charge in [0.2, 0.25) is 0 Å². The Kier molecular flexibility index (Phi) is 4.28. The maximum absolute atomic E-state index is 11.9. The van der Waals surface area contributed by atoms with E-state index in [1.807, 2.05) is 0 Å². The average molecular weight is 294 g/mol. The van der Waals surface area contributed by atoms with E-state index in [0.29, 0.717) is 12.0 Å². The summed E-state index contributed by atoms with van der Waals surface area (Å²) in [5, 5.41) is 13.3. The molecule has 3 aliphatic rings. The van der Waals surface area contributed by atoms with Crippen LogP contribution in [0.25, 0.3) is 0 Å². The normalized spacial score (nSPS) is 38.9. The molecule has 0 spiro atoms. The zero-order valence-electron chi connectivity index (χ0n) is 13.5. The van der Waals surface area contributed by atoms with E-state index in [-0.39, 0.29) is 0 Å². The lowest BCUT2D eigenvalue weighted by Crippen LogP contribution is -2.56. The molecule has 0 amide bonds. The molecule has 0 heterocycles. The van der Waals surface area contributed by atoms with Crippen molar-refractivity contribution in [2.24, 2.45) is 17.8 Å². The number of nitrogens with zero attached hydrogens (tertiary/aromatic N) is 1. The van der Waals surface area contributed by atoms with Gasteiger partial charge < -0.3 is 10.0 Å². The number of carbonyl (C=O) groups is 1. The summed E-state index contributed by atoms with van der Waals surface area (Å²) in [5.74, 6) is 1.46. The summed E-state index contributed by atoms with van der Waals surface area (Å²) in [5.41, 5.74) is -0.630. The molecule has 4 atom stereocenters. The van der Waals surface area contributed by atoms with Gasteiger partial charge in [-0.2, -0.15) is 0 Å². The fourth-order valence-corrected chi connectivity index (χ4v) is 4.12. The Labute approximate surface area is 128 Å². The topological polar surface area (TPSA) is 52.6 Å². The SMILES string of the molecule is CC1CC1CN(C)CCC1CCCC1(NC1CC1)C(=O)O. The second kappa shape index (κ2) is 5.88. The van der Waals surface area contributed by atoms with E-state index in [1.165, 1.54) is 13.0 Å². The predicted molar refractivity (Wildman–Crippen MR) is 83.3 cm³/mol. The van der Waals surface area contributed by atoms with Crippen molar-refractivity contribution < 1.29 is 9.90 Å². The van der Waals surface area contributed by atoms with Gasteiger partial charge in [-0.1, -0.05) is 13.3 Å². The molecule has 0 aromatic rings. The molecule has 0 bridgehead atoms. The van der Waals surface area contributed by atoms with Crippen LogP contribution < -0.4 is 5.32 Å². The Hall–Kier alpha value is -0.610. The molecule has 120 valence electrons. The summed E-state index contributed by atoms with van der Waals surface area (Å²) < 4.78 is 0. The van der Waals surface area contributed by atoms with Gasteiger partial charge in [-0.25, -0.2) is 0 Å². The first-order chi connectivity index (χ1) is 10.0. The van der Waals surface area contributed by atoms with Crippen molar-refractivity contribution in [3.05, 3.63) is 0 Å². The van der Waals surface area contributed by atoms with Gasteiger partial charge in [0.25, 0.3) is 0 Å². The van der Waals surface area contributed by atoms with Crippen LogP contribution in [0.1, 0.15) is 51.9 Å². The minimum absolute atomic E-state index is 0.301. The van der Waals surface area contributed by atoms with Crippen molar-refractivity contribution in [2.75, 3.05) is 20.1 Å². The van der Waals surface area contributed by atoms with Crippen LogP contribution >= 0.6 is 0 Å². The second-order valence-electron chi connectivity index (χ2n) is 7.81. The first-order valence-electron chi connectivity index (χ1n) is 8.71. The third-order valence-electron chi connectivity index (χ3n) is 5.92. The fourth-order valence-electron chi connectivity index (χ4n) is 4.12. The Morgan fingerprint density at radius 2 is 2.10 bits per heavy atom. The van der Waals surface area contributed by atoms with Crippen molar-refractivity contribution in [1.82, 2.24) is 10.2 Å². The van der Waals surface area contributed by atoms with E-state index in [9.17, 15) is 9.90 Å². The van der Waals surface area contributed by atoms with Gasteiger partial charge in [0, 0.05) is 12.6 Å². The maximum Gasteiger partial charge on any atom is 0.324 e. The molecule has 0 aromatic carbocycles. The molecular formula is C17H30N2O2. The van der Waals surface area contributed by atoms with Crippen LogP contribution in [0, 0.1) is 17.8 Å². The van der Waals surface area contributed by atoms with Gasteiger partial charge in [-0.15, -0.1) is 0 Å². The molecular weight excluding hydrogens is 264 g/mol. The number of carboxylic acid groups (broad SMARTS) is 1. The summed E-state index contributed by atoms with van der Waals surface area (Å²) in [6.07, 6.45) is 7.63. The fraction of sp³-hybridized carbons (Fsp3) is 0.941. The van der Waals surface area contributed by atoms with Crippen molar-refractivity contribution in [3.63, 3.8) is 0 Å². The lowest BCUT2D eigenvalue weighted by Gasteiger charge is -2.33. The van der Waals surface area contributed by atoms with Crippen molar-refractivity contribution in [1.29, 1.82) is 0 Å². The second-order valence-corrected chi connectivity index (χ2v) is 7.81. The van der Waals surface area contributed by atoms with Crippen LogP contribution in [0.2, 0.25) is 0 Å². The van der Waals surface area contributed by atoms with E-state index >= 15 is 0 Å². The van der Waals surface area contributed by atoms with Crippen LogP contribution in [-0.4, -0.2) is 47.7 Å². The van der Waals surface area contributed by atoms with E-state index < -0.39 is 11.5 Å². The Bertz CT molecular complexity index is 396. The first-order valence-corrected chi connectivity index (χ1v) is 8.71. The van der Waals surface area contributed by atoms with Gasteiger partial charge in [0.05, 0.1) is 0 Å². The van der Waals surface area contributed by atoms with Crippen molar-refractivity contribution in [2.45, 2.75) is 63.5 Å². The summed E-state index contributed by atoms with van der Waals surface area (Å²) in [6, 6.07) is 0.465. The zero-order valence-corrected chi connectivity index (χ0v) is 13.5. The molecule has 21 heavy (non-hydrogen) atoms. The number of nitrogens with one attached hydrogen (secondary N) is 1. The molecule has 0 saturated heterocycles. The first kappa shape index (κ1) is 15.3. The molecule has 3 aliphatic carbocycles. The number of hydrogen-bond donors (Lipinski definition) is 2. The lowest BCUT2D eigenvalue weighted by atomic mass is 9.84. The Morgan fingerprint density at radius 1 is 1.38 bits per heavy atom. The van der Waals surface area contributed by atoms with Crippen molar-refractivity contribution in [3.8, 4) is 0 Å². The van der Waals surface area contributed by atoms with Crippen LogP contribution in [0.15, 0.2) is 0 Å². The third kappa shape index (κ3) is 3.42. The van der Waals surface area contributed by atoms with Crippen LogP contribution in [0.5, 0.6) is 0 Å². The molecule has 3 rings (SSSR count). The van der Waals surface area contributed by atoms with Crippen LogP contribution in [0.3, 0.4) is 0 Å². The zero-order chi connectivity index (χ0) is 15.0. The minimum Gasteiger partial charge on any atom is -0.480 e. The van der Waals surface area contributed by atoms with Gasteiger partial charge >= 0.3 is 5.97 Å². The monoisotopic (exact) mass is 294 g/mol. The molecule has 4 unspecified atom stereocenters. The summed E-state index contributed by atoms with van der Waals surface area (Å²) in [6.45, 7) is 4.55. The van der Waals surface area contributed by atoms with Crippen LogP contribution in [-0.2, 0) is 4.79 Å². The molecule has 3 saturated carbocycles. The van der Waals surface area contributed by atoms with E-state index in [0.717, 1.165) is 56.9 Å². The highest BCUT2D eigenvalue weighted by Crippen LogP contribution is 2.41. The molecule has 4 nitrogen and oxygen atoms in total. The summed E-state index contributed by atoms with van der Waals surface area (Å²) in [7, 11) is 2.19. The number of carboxylic acids is 1. The highest BCUT2D eigenvalue weighted by molar-refractivity contribution is 5.80. The Morgan fingerprint density at radius 3 is 2.67 bits per heavy atom. The predicted octanol–water partition coefficient (Wildman–Crippen LogP) is 2.34. The number of rotatable bonds is 8. The highest BCUT2D eigenvalue weighted by Gasteiger charge is 2.51. The van der Waals surface area contributed by atoms with Crippen molar-refractivity contribution >= 4 is 5.97 Å². The van der Waals surface area contributed by atoms with E-state index in [1.54, 1.807) is 0 Å². The van der Waals surface area contributed by atoms with Crippen LogP contribution in [0.4, 0.5) is 0 Å². The molecule has 4 heteroatoms. The van der Waals surface area contributed by atoms with Gasteiger partial charge in [-0.3, -0.25) is 10.1 Å². The van der Waals surface area contributed by atoms with Gasteiger partial charge in [0.15, 0.2) is 0 Å². The molecule has 0 aliphatic heterocycles. The largest absolute Gasteiger partial charge is 0.480 e. The lowest BCUT2D eigenvalue weighted by molar-refractivity contribution is -0.147. The summed E-state index contributed by atoms with van der Waals surface area (Å²) >= 11 is 0. The number of aliphatic carboxylic acids is 1. The van der Waals surface area contributed by atoms with Gasteiger partial charge in [0.1, 0.15) is 5.54 Å². The molecule has 0 aromatic heterocycles. The maximum atomic E-state index is 11.9. The Balaban J connectivity index is 1.53. The molecule has 0 radical (unpaired) electrons. The standard InChI is InChI=1S/C17H30N2O2/c1-12-10-13(12)11-19(2)9-7-14-4-3-8-17(14,16(20)21)18-15-5-6-15/h12-15,18H,3-11H2,1-2H3,(H,20,21). The number of hydrogen-bond acceptors (Lipinski definition) is 3. The molecule has 3 fully saturated rings. The summed E-state index contributed by atoms with van der Waals surface area (Å²) in [4.78, 5) is 14.3. The van der Waals surface area contributed by atoms with Gasteiger partial charge in [-0.05, 0) is 69.9 Å². The smallest absolute Gasteiger partial charge is 0.324 e. The minimum atomic E-state index is -0.630. The third-order valence-corrected chi connectivity index (χ3v) is 5.92. The highest BCUT2D eigenvalue weighted by atomic mass is 16.4.